The lowest BCUT2D eigenvalue weighted by Gasteiger charge is -1.91. The van der Waals surface area contributed by atoms with Crippen LogP contribution >= 0.6 is 0 Å². The van der Waals surface area contributed by atoms with Gasteiger partial charge in [0.2, 0.25) is 0 Å². The molecule has 0 aromatic heterocycles. The SMILES string of the molecule is C=CC1=C(C)CC(=O)O1.CC.CCC. The van der Waals surface area contributed by atoms with Gasteiger partial charge in [0.15, 0.2) is 0 Å². The summed E-state index contributed by atoms with van der Waals surface area (Å²) in [6.07, 6.45) is 3.22. The van der Waals surface area contributed by atoms with E-state index in [-0.39, 0.29) is 5.97 Å². The minimum Gasteiger partial charge on any atom is -0.426 e. The van der Waals surface area contributed by atoms with E-state index < -0.39 is 0 Å². The van der Waals surface area contributed by atoms with E-state index in [1.165, 1.54) is 6.42 Å². The van der Waals surface area contributed by atoms with Crippen molar-refractivity contribution in [2.24, 2.45) is 0 Å². The summed E-state index contributed by atoms with van der Waals surface area (Å²) in [5.41, 5.74) is 0.968. The number of carbonyl (C=O) groups is 1. The summed E-state index contributed by atoms with van der Waals surface area (Å²) in [5, 5.41) is 0. The second kappa shape index (κ2) is 10.0. The third-order valence-corrected chi connectivity index (χ3v) is 1.24. The van der Waals surface area contributed by atoms with Gasteiger partial charge in [-0.25, -0.2) is 0 Å². The highest BCUT2D eigenvalue weighted by Gasteiger charge is 2.16. The monoisotopic (exact) mass is 198 g/mol. The molecule has 0 N–H and O–H groups in total. The minimum atomic E-state index is -0.178. The number of esters is 1. The third-order valence-electron chi connectivity index (χ3n) is 1.24. The van der Waals surface area contributed by atoms with Crippen LogP contribution in [0.4, 0.5) is 0 Å². The number of hydrogen-bond acceptors (Lipinski definition) is 2. The topological polar surface area (TPSA) is 26.3 Å². The van der Waals surface area contributed by atoms with E-state index in [9.17, 15) is 4.79 Å². The van der Waals surface area contributed by atoms with Crippen molar-refractivity contribution in [2.75, 3.05) is 0 Å². The molecular weight excluding hydrogens is 176 g/mol. The predicted octanol–water partition coefficient (Wildman–Crippen LogP) is 3.84. The maximum Gasteiger partial charge on any atom is 0.315 e. The lowest BCUT2D eigenvalue weighted by atomic mass is 10.2. The summed E-state index contributed by atoms with van der Waals surface area (Å²) < 4.78 is 4.75. The van der Waals surface area contributed by atoms with Crippen molar-refractivity contribution in [3.8, 4) is 0 Å². The van der Waals surface area contributed by atoms with Gasteiger partial charge in [-0.3, -0.25) is 4.79 Å². The van der Waals surface area contributed by atoms with Crippen LogP contribution in [0.15, 0.2) is 24.0 Å². The van der Waals surface area contributed by atoms with Crippen molar-refractivity contribution in [1.82, 2.24) is 0 Å². The number of carbonyl (C=O) groups excluding carboxylic acids is 1. The Morgan fingerprint density at radius 2 is 1.86 bits per heavy atom. The molecule has 1 rings (SSSR count). The van der Waals surface area contributed by atoms with E-state index in [4.69, 9.17) is 4.74 Å². The standard InChI is InChI=1S/C7H8O2.C3H8.C2H6/c1-3-6-5(2)4-7(8)9-6;1-3-2;1-2/h3H,1,4H2,2H3;3H2,1-2H3;1-2H3. The van der Waals surface area contributed by atoms with Crippen LogP contribution in [0, 0.1) is 0 Å². The second-order valence-corrected chi connectivity index (χ2v) is 2.71. The molecule has 14 heavy (non-hydrogen) atoms. The first-order valence-corrected chi connectivity index (χ1v) is 5.18. The molecule has 0 saturated heterocycles. The lowest BCUT2D eigenvalue weighted by molar-refractivity contribution is -0.136. The Morgan fingerprint density at radius 3 is 2.00 bits per heavy atom. The number of allylic oxidation sites excluding steroid dienone is 1. The minimum absolute atomic E-state index is 0.178. The van der Waals surface area contributed by atoms with E-state index in [2.05, 4.69) is 20.4 Å². The molecule has 0 radical (unpaired) electrons. The average molecular weight is 198 g/mol. The Labute approximate surface area is 87.7 Å². The first-order chi connectivity index (χ1) is 6.65. The predicted molar refractivity (Wildman–Crippen MR) is 60.9 cm³/mol. The molecule has 0 fully saturated rings. The highest BCUT2D eigenvalue weighted by atomic mass is 16.5. The highest BCUT2D eigenvalue weighted by Crippen LogP contribution is 2.19. The number of rotatable bonds is 1. The molecule has 0 aromatic rings. The maximum absolute atomic E-state index is 10.5. The summed E-state index contributed by atoms with van der Waals surface area (Å²) in [6, 6.07) is 0. The maximum atomic E-state index is 10.5. The van der Waals surface area contributed by atoms with Gasteiger partial charge in [0.05, 0.1) is 6.42 Å². The number of hydrogen-bond donors (Lipinski definition) is 0. The zero-order valence-corrected chi connectivity index (χ0v) is 10.0. The number of ether oxygens (including phenoxy) is 1. The molecule has 0 atom stereocenters. The molecule has 0 spiro atoms. The van der Waals surface area contributed by atoms with Gasteiger partial charge in [-0.05, 0) is 18.6 Å². The van der Waals surface area contributed by atoms with Crippen LogP contribution < -0.4 is 0 Å². The van der Waals surface area contributed by atoms with Crippen molar-refractivity contribution in [1.29, 1.82) is 0 Å². The molecule has 82 valence electrons. The summed E-state index contributed by atoms with van der Waals surface area (Å²) in [7, 11) is 0. The lowest BCUT2D eigenvalue weighted by Crippen LogP contribution is -1.91. The third kappa shape index (κ3) is 6.46. The van der Waals surface area contributed by atoms with Crippen LogP contribution in [-0.2, 0) is 9.53 Å². The second-order valence-electron chi connectivity index (χ2n) is 2.71. The largest absolute Gasteiger partial charge is 0.426 e. The fourth-order valence-corrected chi connectivity index (χ4v) is 0.765. The van der Waals surface area contributed by atoms with Crippen molar-refractivity contribution >= 4 is 5.97 Å². The Morgan fingerprint density at radius 1 is 1.43 bits per heavy atom. The van der Waals surface area contributed by atoms with E-state index >= 15 is 0 Å². The first kappa shape index (κ1) is 15.4. The number of cyclic esters (lactones) is 1. The van der Waals surface area contributed by atoms with Crippen LogP contribution in [0.25, 0.3) is 0 Å². The molecule has 0 saturated carbocycles. The smallest absolute Gasteiger partial charge is 0.315 e. The molecular formula is C12H22O2. The van der Waals surface area contributed by atoms with Gasteiger partial charge in [0, 0.05) is 0 Å². The average Bonchev–Trinajstić information content (AvgIpc) is 2.49. The van der Waals surface area contributed by atoms with Crippen molar-refractivity contribution < 1.29 is 9.53 Å². The summed E-state index contributed by atoms with van der Waals surface area (Å²) in [6.45, 7) is 13.6. The van der Waals surface area contributed by atoms with Crippen LogP contribution in [0.1, 0.15) is 47.5 Å². The van der Waals surface area contributed by atoms with Gasteiger partial charge in [0.25, 0.3) is 0 Å². The highest BCUT2D eigenvalue weighted by molar-refractivity contribution is 5.77. The van der Waals surface area contributed by atoms with Gasteiger partial charge in [0.1, 0.15) is 5.76 Å². The zero-order chi connectivity index (χ0) is 11.6. The van der Waals surface area contributed by atoms with Crippen molar-refractivity contribution in [3.63, 3.8) is 0 Å². The van der Waals surface area contributed by atoms with Gasteiger partial charge in [-0.2, -0.15) is 0 Å². The van der Waals surface area contributed by atoms with Gasteiger partial charge < -0.3 is 4.74 Å². The van der Waals surface area contributed by atoms with E-state index in [0.717, 1.165) is 5.57 Å². The van der Waals surface area contributed by atoms with Crippen molar-refractivity contribution in [2.45, 2.75) is 47.5 Å². The molecule has 1 aliphatic rings. The van der Waals surface area contributed by atoms with Gasteiger partial charge >= 0.3 is 5.97 Å². The molecule has 2 nitrogen and oxygen atoms in total. The quantitative estimate of drug-likeness (QED) is 0.598. The molecule has 1 heterocycles. The van der Waals surface area contributed by atoms with Crippen LogP contribution in [0.5, 0.6) is 0 Å². The molecule has 0 bridgehead atoms. The molecule has 2 heteroatoms. The van der Waals surface area contributed by atoms with Crippen LogP contribution in [0.2, 0.25) is 0 Å². The molecule has 0 unspecified atom stereocenters. The van der Waals surface area contributed by atoms with Crippen molar-refractivity contribution in [3.05, 3.63) is 24.0 Å². The Balaban J connectivity index is 0. The van der Waals surface area contributed by atoms with E-state index in [1.807, 2.05) is 20.8 Å². The fraction of sp³-hybridized carbons (Fsp3) is 0.583. The summed E-state index contributed by atoms with van der Waals surface area (Å²) in [4.78, 5) is 10.5. The van der Waals surface area contributed by atoms with E-state index in [0.29, 0.717) is 12.2 Å². The first-order valence-electron chi connectivity index (χ1n) is 5.18. The van der Waals surface area contributed by atoms with Gasteiger partial charge in [-0.1, -0.05) is 40.7 Å². The van der Waals surface area contributed by atoms with Crippen LogP contribution in [-0.4, -0.2) is 5.97 Å². The molecule has 1 aliphatic heterocycles. The summed E-state index contributed by atoms with van der Waals surface area (Å²) >= 11 is 0. The normalized spacial score (nSPS) is 13.4. The Kier molecular flexibility index (Phi) is 11.1. The van der Waals surface area contributed by atoms with E-state index in [1.54, 1.807) is 6.08 Å². The molecule has 0 aliphatic carbocycles. The van der Waals surface area contributed by atoms with Gasteiger partial charge in [-0.15, -0.1) is 0 Å². The summed E-state index contributed by atoms with van der Waals surface area (Å²) in [5.74, 6) is 0.447. The Bertz CT molecular complexity index is 202. The molecule has 0 aromatic carbocycles. The van der Waals surface area contributed by atoms with Crippen LogP contribution in [0.3, 0.4) is 0 Å². The molecule has 0 amide bonds. The fourth-order valence-electron chi connectivity index (χ4n) is 0.765. The zero-order valence-electron chi connectivity index (χ0n) is 10.0. The Hall–Kier alpha value is -1.05.